The minimum atomic E-state index is -3.76. The molecule has 3 saturated carbocycles. The van der Waals surface area contributed by atoms with E-state index in [1.165, 1.54) is 0 Å². The van der Waals surface area contributed by atoms with Crippen LogP contribution in [0.25, 0.3) is 0 Å². The highest BCUT2D eigenvalue weighted by molar-refractivity contribution is 5.51. The van der Waals surface area contributed by atoms with Crippen LogP contribution in [0.1, 0.15) is 30.4 Å². The summed E-state index contributed by atoms with van der Waals surface area (Å²) in [6, 6.07) is 7.56. The summed E-state index contributed by atoms with van der Waals surface area (Å²) in [4.78, 5) is 0. The topological polar surface area (TPSA) is 82.3 Å². The van der Waals surface area contributed by atoms with Crippen LogP contribution in [-0.2, 0) is 17.6 Å². The number of nitrogens with zero attached hydrogens (tertiary/aromatic N) is 4. The molecule has 7 nitrogen and oxygen atoms in total. The molecule has 1 aliphatic heterocycles. The van der Waals surface area contributed by atoms with Crippen molar-refractivity contribution in [3.63, 3.8) is 0 Å². The van der Waals surface area contributed by atoms with Gasteiger partial charge in [-0.25, -0.2) is 22.2 Å². The van der Waals surface area contributed by atoms with Crippen LogP contribution in [0.2, 0.25) is 0 Å². The molecule has 2 aromatic carbocycles. The van der Waals surface area contributed by atoms with Gasteiger partial charge in [-0.3, -0.25) is 0 Å². The normalized spacial score (nSPS) is 26.9. The Morgan fingerprint density at radius 2 is 1.79 bits per heavy atom. The van der Waals surface area contributed by atoms with Crippen molar-refractivity contribution in [1.82, 2.24) is 20.2 Å². The molecule has 3 aromatic rings. The van der Waals surface area contributed by atoms with E-state index in [2.05, 4.69) is 15.5 Å². The van der Waals surface area contributed by atoms with E-state index in [4.69, 9.17) is 9.47 Å². The molecule has 3 aliphatic carbocycles. The van der Waals surface area contributed by atoms with Crippen molar-refractivity contribution in [2.75, 3.05) is 6.79 Å². The van der Waals surface area contributed by atoms with E-state index in [-0.39, 0.29) is 26.1 Å². The van der Waals surface area contributed by atoms with E-state index in [0.717, 1.165) is 28.7 Å². The Labute approximate surface area is 184 Å². The van der Waals surface area contributed by atoms with E-state index in [0.29, 0.717) is 17.6 Å². The number of rotatable bonds is 6. The first-order chi connectivity index (χ1) is 15.7. The van der Waals surface area contributed by atoms with E-state index in [1.54, 1.807) is 12.1 Å². The Kier molecular flexibility index (Phi) is 3.98. The fourth-order valence-electron chi connectivity index (χ4n) is 5.76. The van der Waals surface area contributed by atoms with Gasteiger partial charge >= 0.3 is 0 Å². The standard InChI is InChI=1S/C22H18F4N4O3/c23-14-2-3-15(16(24)6-14)21(31,10-30-11-27-28-29-30)22(25,26)20-7-19(8-20,9-20)13-1-4-17-18(5-13)33-12-32-17/h1-6,11,31H,7-10,12H2. The molecular formula is C22H18F4N4O3. The molecule has 33 heavy (non-hydrogen) atoms. The van der Waals surface area contributed by atoms with Gasteiger partial charge in [0.05, 0.1) is 6.54 Å². The number of aromatic nitrogens is 4. The van der Waals surface area contributed by atoms with Gasteiger partial charge in [-0.2, -0.15) is 0 Å². The molecule has 11 heteroatoms. The summed E-state index contributed by atoms with van der Waals surface area (Å²) in [5.74, 6) is -4.78. The van der Waals surface area contributed by atoms with E-state index >= 15 is 8.78 Å². The zero-order valence-electron chi connectivity index (χ0n) is 17.1. The maximum Gasteiger partial charge on any atom is 0.287 e. The van der Waals surface area contributed by atoms with Gasteiger partial charge in [0.25, 0.3) is 5.92 Å². The summed E-state index contributed by atoms with van der Waals surface area (Å²) in [6.45, 7) is -0.685. The van der Waals surface area contributed by atoms with Crippen LogP contribution in [0.3, 0.4) is 0 Å². The van der Waals surface area contributed by atoms with E-state index < -0.39 is 46.1 Å². The largest absolute Gasteiger partial charge is 0.454 e. The molecule has 0 radical (unpaired) electrons. The number of tetrazole rings is 1. The van der Waals surface area contributed by atoms with Crippen LogP contribution in [0.15, 0.2) is 42.7 Å². The molecule has 0 amide bonds. The number of fused-ring (bicyclic) bond motifs is 1. The summed E-state index contributed by atoms with van der Waals surface area (Å²) in [5.41, 5.74) is -4.86. The van der Waals surface area contributed by atoms with Gasteiger partial charge in [-0.1, -0.05) is 6.07 Å². The summed E-state index contributed by atoms with van der Waals surface area (Å²) in [7, 11) is 0. The summed E-state index contributed by atoms with van der Waals surface area (Å²) in [5, 5.41) is 21.8. The van der Waals surface area contributed by atoms with Crippen LogP contribution in [0.5, 0.6) is 11.5 Å². The number of aliphatic hydroxyl groups is 1. The van der Waals surface area contributed by atoms with Gasteiger partial charge in [0.1, 0.15) is 18.0 Å². The van der Waals surface area contributed by atoms with Gasteiger partial charge in [0.2, 0.25) is 6.79 Å². The van der Waals surface area contributed by atoms with E-state index in [1.807, 2.05) is 6.07 Å². The second-order valence-electron chi connectivity index (χ2n) is 9.23. The molecule has 172 valence electrons. The van der Waals surface area contributed by atoms with Gasteiger partial charge in [-0.05, 0) is 64.9 Å². The number of benzene rings is 2. The maximum absolute atomic E-state index is 16.2. The fourth-order valence-corrected chi connectivity index (χ4v) is 5.76. The van der Waals surface area contributed by atoms with Crippen molar-refractivity contribution in [2.24, 2.45) is 5.41 Å². The lowest BCUT2D eigenvalue weighted by molar-refractivity contribution is -0.347. The summed E-state index contributed by atoms with van der Waals surface area (Å²) in [6.07, 6.45) is 1.37. The lowest BCUT2D eigenvalue weighted by Crippen LogP contribution is -2.76. The average molecular weight is 462 g/mol. The number of halogens is 4. The number of alkyl halides is 2. The lowest BCUT2D eigenvalue weighted by atomic mass is 9.30. The predicted molar refractivity (Wildman–Crippen MR) is 104 cm³/mol. The molecule has 1 unspecified atom stereocenters. The van der Waals surface area contributed by atoms with Crippen molar-refractivity contribution in [3.8, 4) is 11.5 Å². The van der Waals surface area contributed by atoms with Crippen LogP contribution in [0.4, 0.5) is 17.6 Å². The maximum atomic E-state index is 16.2. The molecule has 0 spiro atoms. The van der Waals surface area contributed by atoms with Gasteiger partial charge < -0.3 is 14.6 Å². The molecule has 7 rings (SSSR count). The smallest absolute Gasteiger partial charge is 0.287 e. The molecule has 1 atom stereocenters. The quantitative estimate of drug-likeness (QED) is 0.566. The Hall–Kier alpha value is -3.21. The fraction of sp³-hybridized carbons (Fsp3) is 0.409. The average Bonchev–Trinajstić information content (AvgIpc) is 3.36. The van der Waals surface area contributed by atoms with Gasteiger partial charge in [-0.15, -0.1) is 5.10 Å². The van der Waals surface area contributed by atoms with Gasteiger partial charge in [0, 0.05) is 17.0 Å². The van der Waals surface area contributed by atoms with Crippen molar-refractivity contribution in [2.45, 2.75) is 42.7 Å². The first kappa shape index (κ1) is 20.4. The third-order valence-corrected chi connectivity index (χ3v) is 7.36. The molecule has 1 aromatic heterocycles. The first-order valence-corrected chi connectivity index (χ1v) is 10.3. The minimum Gasteiger partial charge on any atom is -0.454 e. The molecule has 4 aliphatic rings. The summed E-state index contributed by atoms with van der Waals surface area (Å²) >= 11 is 0. The third kappa shape index (κ3) is 2.62. The molecule has 3 fully saturated rings. The SMILES string of the molecule is OC(Cn1cnnn1)(c1ccc(F)cc1F)C(F)(F)C12CC(c3ccc4c(c3)OCO4)(C1)C2. The third-order valence-electron chi connectivity index (χ3n) is 7.36. The van der Waals surface area contributed by atoms with Crippen LogP contribution in [-0.4, -0.2) is 38.0 Å². The van der Waals surface area contributed by atoms with Crippen molar-refractivity contribution in [1.29, 1.82) is 0 Å². The molecule has 0 saturated heterocycles. The number of hydrogen-bond acceptors (Lipinski definition) is 6. The Morgan fingerprint density at radius 1 is 1.03 bits per heavy atom. The van der Waals surface area contributed by atoms with Crippen LogP contribution < -0.4 is 9.47 Å². The monoisotopic (exact) mass is 462 g/mol. The summed E-state index contributed by atoms with van der Waals surface area (Å²) < 4.78 is 72.1. The van der Waals surface area contributed by atoms with E-state index in [9.17, 15) is 13.9 Å². The van der Waals surface area contributed by atoms with Crippen molar-refractivity contribution >= 4 is 0 Å². The minimum absolute atomic E-state index is 0.105. The van der Waals surface area contributed by atoms with Crippen LogP contribution >= 0.6 is 0 Å². The highest BCUT2D eigenvalue weighted by Crippen LogP contribution is 2.80. The van der Waals surface area contributed by atoms with Crippen LogP contribution in [0, 0.1) is 17.0 Å². The van der Waals surface area contributed by atoms with Crippen molar-refractivity contribution < 1.29 is 32.1 Å². The highest BCUT2D eigenvalue weighted by Gasteiger charge is 2.82. The lowest BCUT2D eigenvalue weighted by Gasteiger charge is -2.74. The zero-order valence-corrected chi connectivity index (χ0v) is 17.1. The predicted octanol–water partition coefficient (Wildman–Crippen LogP) is 3.33. The Morgan fingerprint density at radius 3 is 2.48 bits per heavy atom. The van der Waals surface area contributed by atoms with Gasteiger partial charge in [0.15, 0.2) is 17.1 Å². The second-order valence-corrected chi connectivity index (χ2v) is 9.23. The Bertz CT molecular complexity index is 1230. The number of ether oxygens (including phenoxy) is 2. The highest BCUT2D eigenvalue weighted by atomic mass is 19.3. The zero-order chi connectivity index (χ0) is 23.1. The molecule has 1 N–H and O–H groups in total. The Balaban J connectivity index is 1.35. The second kappa shape index (κ2) is 6.43. The molecule has 2 bridgehead atoms. The van der Waals surface area contributed by atoms with Crippen molar-refractivity contribution in [3.05, 3.63) is 65.5 Å². The first-order valence-electron chi connectivity index (χ1n) is 10.3. The molecular weight excluding hydrogens is 444 g/mol. The number of hydrogen-bond donors (Lipinski definition) is 1. The molecule has 2 heterocycles.